The standard InChI is InChI=1S/C32H47N5O4.CH4/c1-4-25-22-27(37-24(2)33-29-23-35(31(38)40-3)21-17-30(29)37)16-20-34(25)18-11-19-36(26-12-7-5-8-13-26)32(39)41-28-14-9-6-10-15-28;/h5,7-8,12-13,25,27-28H,4,6,9-11,14-23H2,1-3H3;1H4/t25-,27-;/m1./s1. The zero-order chi connectivity index (χ0) is 28.8. The topological polar surface area (TPSA) is 80.1 Å². The van der Waals surface area contributed by atoms with Crippen LogP contribution in [0.4, 0.5) is 15.3 Å². The van der Waals surface area contributed by atoms with Gasteiger partial charge in [0.2, 0.25) is 0 Å². The fraction of sp³-hybridized carbons (Fsp3) is 0.667. The molecule has 9 heteroatoms. The van der Waals surface area contributed by atoms with Crippen LogP contribution in [0.1, 0.15) is 95.4 Å². The fourth-order valence-electron chi connectivity index (χ4n) is 7.10. The van der Waals surface area contributed by atoms with Gasteiger partial charge in [-0.15, -0.1) is 0 Å². The molecular formula is C33H51N5O4. The van der Waals surface area contributed by atoms with Gasteiger partial charge in [0.1, 0.15) is 11.9 Å². The number of fused-ring (bicyclic) bond motifs is 1. The van der Waals surface area contributed by atoms with Gasteiger partial charge in [0.25, 0.3) is 0 Å². The number of nitrogens with zero attached hydrogens (tertiary/aromatic N) is 5. The van der Waals surface area contributed by atoms with Crippen molar-refractivity contribution >= 4 is 17.9 Å². The van der Waals surface area contributed by atoms with Gasteiger partial charge in [0, 0.05) is 56.1 Å². The van der Waals surface area contributed by atoms with E-state index in [9.17, 15) is 9.59 Å². The van der Waals surface area contributed by atoms with E-state index < -0.39 is 0 Å². The molecule has 0 N–H and O–H groups in total. The Hall–Kier alpha value is -3.07. The summed E-state index contributed by atoms with van der Waals surface area (Å²) in [4.78, 5) is 36.4. The molecule has 42 heavy (non-hydrogen) atoms. The van der Waals surface area contributed by atoms with Gasteiger partial charge in [-0.25, -0.2) is 14.6 Å². The van der Waals surface area contributed by atoms with E-state index in [0.717, 1.165) is 88.1 Å². The molecule has 1 aromatic carbocycles. The zero-order valence-corrected chi connectivity index (χ0v) is 25.1. The highest BCUT2D eigenvalue weighted by Crippen LogP contribution is 2.34. The summed E-state index contributed by atoms with van der Waals surface area (Å²) in [6, 6.07) is 10.9. The molecule has 0 radical (unpaired) electrons. The van der Waals surface area contributed by atoms with E-state index in [4.69, 9.17) is 14.5 Å². The predicted molar refractivity (Wildman–Crippen MR) is 166 cm³/mol. The number of aromatic nitrogens is 2. The molecule has 3 aliphatic rings. The first-order chi connectivity index (χ1) is 20.0. The Morgan fingerprint density at radius 1 is 1.07 bits per heavy atom. The number of carbonyl (C=O) groups excluding carboxylic acids is 2. The van der Waals surface area contributed by atoms with E-state index in [1.165, 1.54) is 19.2 Å². The summed E-state index contributed by atoms with van der Waals surface area (Å²) in [5.41, 5.74) is 3.20. The van der Waals surface area contributed by atoms with Crippen LogP contribution >= 0.6 is 0 Å². The van der Waals surface area contributed by atoms with Crippen LogP contribution < -0.4 is 4.90 Å². The average molecular weight is 582 g/mol. The molecule has 1 aliphatic carbocycles. The Morgan fingerprint density at radius 2 is 1.83 bits per heavy atom. The maximum Gasteiger partial charge on any atom is 0.414 e. The maximum absolute atomic E-state index is 13.3. The summed E-state index contributed by atoms with van der Waals surface area (Å²) < 4.78 is 13.4. The van der Waals surface area contributed by atoms with Gasteiger partial charge in [-0.3, -0.25) is 4.90 Å². The molecule has 0 spiro atoms. The van der Waals surface area contributed by atoms with Crippen LogP contribution in [0.2, 0.25) is 0 Å². The number of hydrogen-bond acceptors (Lipinski definition) is 6. The van der Waals surface area contributed by atoms with Crippen LogP contribution in [0.15, 0.2) is 30.3 Å². The second kappa shape index (κ2) is 14.9. The molecule has 1 aromatic heterocycles. The van der Waals surface area contributed by atoms with Crippen molar-refractivity contribution < 1.29 is 19.1 Å². The second-order valence-electron chi connectivity index (χ2n) is 11.8. The first-order valence-corrected chi connectivity index (χ1v) is 15.6. The highest BCUT2D eigenvalue weighted by atomic mass is 16.6. The number of benzene rings is 1. The highest BCUT2D eigenvalue weighted by molar-refractivity contribution is 5.87. The molecule has 232 valence electrons. The Bertz CT molecular complexity index is 1160. The minimum Gasteiger partial charge on any atom is -0.453 e. The first-order valence-electron chi connectivity index (χ1n) is 15.6. The third-order valence-electron chi connectivity index (χ3n) is 9.24. The van der Waals surface area contributed by atoms with E-state index in [-0.39, 0.29) is 25.7 Å². The summed E-state index contributed by atoms with van der Waals surface area (Å²) >= 11 is 0. The van der Waals surface area contributed by atoms with Crippen molar-refractivity contribution in [2.45, 2.75) is 110 Å². The quantitative estimate of drug-likeness (QED) is 0.344. The van der Waals surface area contributed by atoms with Crippen molar-refractivity contribution in [3.8, 4) is 0 Å². The van der Waals surface area contributed by atoms with Gasteiger partial charge < -0.3 is 23.8 Å². The van der Waals surface area contributed by atoms with Crippen molar-refractivity contribution in [3.63, 3.8) is 0 Å². The number of anilines is 1. The largest absolute Gasteiger partial charge is 0.453 e. The molecule has 2 aromatic rings. The van der Waals surface area contributed by atoms with Gasteiger partial charge in [0.05, 0.1) is 19.3 Å². The molecule has 0 unspecified atom stereocenters. The molecule has 0 bridgehead atoms. The van der Waals surface area contributed by atoms with E-state index in [1.54, 1.807) is 4.90 Å². The number of piperidine rings is 1. The number of ether oxygens (including phenoxy) is 2. The number of para-hydroxylation sites is 1. The Balaban J connectivity index is 0.00000405. The summed E-state index contributed by atoms with van der Waals surface area (Å²) in [6.45, 7) is 8.20. The van der Waals surface area contributed by atoms with Crippen LogP contribution in [-0.4, -0.2) is 77.0 Å². The Morgan fingerprint density at radius 3 is 2.55 bits per heavy atom. The van der Waals surface area contributed by atoms with E-state index in [0.29, 0.717) is 31.7 Å². The van der Waals surface area contributed by atoms with Crippen molar-refractivity contribution in [2.75, 3.05) is 38.2 Å². The smallest absolute Gasteiger partial charge is 0.414 e. The van der Waals surface area contributed by atoms with E-state index in [2.05, 4.69) is 23.3 Å². The van der Waals surface area contributed by atoms with Crippen molar-refractivity contribution in [2.24, 2.45) is 0 Å². The van der Waals surface area contributed by atoms with Crippen LogP contribution in [0.5, 0.6) is 0 Å². The number of methoxy groups -OCH3 is 1. The van der Waals surface area contributed by atoms with Crippen molar-refractivity contribution in [1.29, 1.82) is 0 Å². The number of hydrogen-bond donors (Lipinski definition) is 0. The van der Waals surface area contributed by atoms with Crippen LogP contribution in [0, 0.1) is 6.92 Å². The molecule has 3 heterocycles. The zero-order valence-electron chi connectivity index (χ0n) is 25.1. The number of likely N-dealkylation sites (tertiary alicyclic amines) is 1. The average Bonchev–Trinajstić information content (AvgIpc) is 3.34. The molecule has 5 rings (SSSR count). The van der Waals surface area contributed by atoms with Gasteiger partial charge in [-0.1, -0.05) is 39.0 Å². The number of rotatable bonds is 8. The number of aryl methyl sites for hydroxylation is 1. The number of amides is 2. The lowest BCUT2D eigenvalue weighted by molar-refractivity contribution is 0.0799. The second-order valence-corrected chi connectivity index (χ2v) is 11.8. The highest BCUT2D eigenvalue weighted by Gasteiger charge is 2.33. The van der Waals surface area contributed by atoms with Crippen molar-refractivity contribution in [3.05, 3.63) is 47.5 Å². The lowest BCUT2D eigenvalue weighted by atomic mass is 9.94. The van der Waals surface area contributed by atoms with Gasteiger partial charge in [0.15, 0.2) is 0 Å². The van der Waals surface area contributed by atoms with Gasteiger partial charge >= 0.3 is 12.2 Å². The molecule has 2 atom stereocenters. The van der Waals surface area contributed by atoms with Crippen LogP contribution in [0.25, 0.3) is 0 Å². The van der Waals surface area contributed by atoms with Gasteiger partial charge in [-0.2, -0.15) is 0 Å². The Labute approximate surface area is 252 Å². The van der Waals surface area contributed by atoms with E-state index >= 15 is 0 Å². The first kappa shape index (κ1) is 31.9. The summed E-state index contributed by atoms with van der Waals surface area (Å²) in [6.07, 6.45) is 10.0. The van der Waals surface area contributed by atoms with Crippen LogP contribution in [-0.2, 0) is 22.4 Å². The monoisotopic (exact) mass is 581 g/mol. The molecule has 2 amide bonds. The SMILES string of the molecule is C.CC[C@@H]1C[C@H](n2c(C)nc3c2CCN(C(=O)OC)C3)CCN1CCCN(C(=O)OC1CCCCC1)c1ccccc1. The van der Waals surface area contributed by atoms with E-state index in [1.807, 2.05) is 35.2 Å². The molecule has 9 nitrogen and oxygen atoms in total. The summed E-state index contributed by atoms with van der Waals surface area (Å²) in [5.74, 6) is 1.05. The lowest BCUT2D eigenvalue weighted by Gasteiger charge is -2.41. The van der Waals surface area contributed by atoms with Gasteiger partial charge in [-0.05, 0) is 70.4 Å². The van der Waals surface area contributed by atoms with Crippen molar-refractivity contribution in [1.82, 2.24) is 19.4 Å². The molecule has 2 aliphatic heterocycles. The minimum absolute atomic E-state index is 0. The summed E-state index contributed by atoms with van der Waals surface area (Å²) in [5, 5.41) is 0. The maximum atomic E-state index is 13.3. The molecule has 2 fully saturated rings. The fourth-order valence-corrected chi connectivity index (χ4v) is 7.10. The summed E-state index contributed by atoms with van der Waals surface area (Å²) in [7, 11) is 1.43. The molecule has 1 saturated heterocycles. The predicted octanol–water partition coefficient (Wildman–Crippen LogP) is 6.73. The normalized spacial score (nSPS) is 21.3. The third kappa shape index (κ3) is 7.28. The minimum atomic E-state index is -0.282. The molecular weight excluding hydrogens is 530 g/mol. The molecule has 1 saturated carbocycles. The Kier molecular flexibility index (Phi) is 11.3. The lowest BCUT2D eigenvalue weighted by Crippen LogP contribution is -2.45. The van der Waals surface area contributed by atoms with Crippen LogP contribution in [0.3, 0.4) is 0 Å². The number of carbonyl (C=O) groups is 2. The number of imidazole rings is 1. The third-order valence-corrected chi connectivity index (χ3v) is 9.24.